The van der Waals surface area contributed by atoms with Gasteiger partial charge in [0.2, 0.25) is 0 Å². The molecule has 2 rings (SSSR count). The zero-order chi connectivity index (χ0) is 14.7. The number of ether oxygens (including phenoxy) is 1. The van der Waals surface area contributed by atoms with Gasteiger partial charge in [-0.15, -0.1) is 0 Å². The van der Waals surface area contributed by atoms with Crippen LogP contribution < -0.4 is 4.74 Å². The molecule has 0 radical (unpaired) electrons. The van der Waals surface area contributed by atoms with E-state index in [0.29, 0.717) is 22.4 Å². The molecule has 0 saturated heterocycles. The van der Waals surface area contributed by atoms with E-state index < -0.39 is 11.6 Å². The zero-order valence-corrected chi connectivity index (χ0v) is 13.0. The van der Waals surface area contributed by atoms with Crippen LogP contribution in [0.3, 0.4) is 0 Å². The van der Waals surface area contributed by atoms with Gasteiger partial charge in [-0.05, 0) is 47.1 Å². The van der Waals surface area contributed by atoms with Crippen molar-refractivity contribution in [1.82, 2.24) is 0 Å². The summed E-state index contributed by atoms with van der Waals surface area (Å²) in [7, 11) is 0. The molecule has 0 aliphatic rings. The van der Waals surface area contributed by atoms with E-state index >= 15 is 0 Å². The third-order valence-corrected chi connectivity index (χ3v) is 3.88. The van der Waals surface area contributed by atoms with Gasteiger partial charge < -0.3 is 4.74 Å². The first-order valence-electron chi connectivity index (χ1n) is 5.95. The quantitative estimate of drug-likeness (QED) is 0.576. The Morgan fingerprint density at radius 2 is 2.00 bits per heavy atom. The molecular weight excluding hydrogens is 347 g/mol. The van der Waals surface area contributed by atoms with E-state index in [2.05, 4.69) is 15.9 Å². The summed E-state index contributed by atoms with van der Waals surface area (Å²) < 4.78 is 19.7. The Morgan fingerprint density at radius 1 is 1.30 bits per heavy atom. The van der Waals surface area contributed by atoms with E-state index in [1.807, 2.05) is 6.92 Å². The van der Waals surface area contributed by atoms with E-state index in [9.17, 15) is 9.18 Å². The lowest BCUT2D eigenvalue weighted by Crippen LogP contribution is -2.07. The van der Waals surface area contributed by atoms with Crippen LogP contribution in [0.2, 0.25) is 5.02 Å². The number of hydrogen-bond donors (Lipinski definition) is 0. The van der Waals surface area contributed by atoms with E-state index in [1.54, 1.807) is 24.3 Å². The Labute approximate surface area is 129 Å². The molecule has 0 aromatic heterocycles. The summed E-state index contributed by atoms with van der Waals surface area (Å²) >= 11 is 9.04. The van der Waals surface area contributed by atoms with Crippen LogP contribution in [-0.4, -0.2) is 12.4 Å². The summed E-state index contributed by atoms with van der Waals surface area (Å²) in [6, 6.07) is 9.23. The van der Waals surface area contributed by atoms with Crippen LogP contribution in [0.5, 0.6) is 5.75 Å². The number of carbonyl (C=O) groups excluding carboxylic acids is 1. The zero-order valence-electron chi connectivity index (χ0n) is 10.6. The number of halogens is 3. The fraction of sp³-hybridized carbons (Fsp3) is 0.133. The number of hydrogen-bond acceptors (Lipinski definition) is 2. The second-order valence-corrected chi connectivity index (χ2v) is 5.27. The minimum absolute atomic E-state index is 0.0784. The first-order chi connectivity index (χ1) is 9.54. The van der Waals surface area contributed by atoms with Crippen LogP contribution in [0, 0.1) is 5.82 Å². The first kappa shape index (κ1) is 15.0. The van der Waals surface area contributed by atoms with Gasteiger partial charge in [0.1, 0.15) is 11.6 Å². The predicted molar refractivity (Wildman–Crippen MR) is 80.2 cm³/mol. The summed E-state index contributed by atoms with van der Waals surface area (Å²) in [5.41, 5.74) is 0.233. The van der Waals surface area contributed by atoms with E-state index in [0.717, 1.165) is 0 Å². The Kier molecular flexibility index (Phi) is 4.78. The van der Waals surface area contributed by atoms with Gasteiger partial charge in [-0.3, -0.25) is 4.79 Å². The SMILES string of the molecule is CCOc1ccccc1C(=O)c1cc(Cl)c(Br)cc1F. The molecule has 2 aromatic rings. The van der Waals surface area contributed by atoms with Crippen molar-refractivity contribution in [2.45, 2.75) is 6.92 Å². The van der Waals surface area contributed by atoms with Gasteiger partial charge in [-0.1, -0.05) is 23.7 Å². The average molecular weight is 358 g/mol. The first-order valence-corrected chi connectivity index (χ1v) is 7.12. The monoisotopic (exact) mass is 356 g/mol. The highest BCUT2D eigenvalue weighted by molar-refractivity contribution is 9.10. The lowest BCUT2D eigenvalue weighted by atomic mass is 10.0. The molecule has 0 amide bonds. The van der Waals surface area contributed by atoms with Gasteiger partial charge >= 0.3 is 0 Å². The minimum atomic E-state index is -0.627. The molecule has 5 heteroatoms. The maximum Gasteiger partial charge on any atom is 0.199 e. The fourth-order valence-electron chi connectivity index (χ4n) is 1.78. The maximum absolute atomic E-state index is 13.9. The van der Waals surface area contributed by atoms with Crippen LogP contribution in [0.4, 0.5) is 4.39 Å². The topological polar surface area (TPSA) is 26.3 Å². The van der Waals surface area contributed by atoms with Crippen molar-refractivity contribution >= 4 is 33.3 Å². The van der Waals surface area contributed by atoms with Crippen LogP contribution in [-0.2, 0) is 0 Å². The Morgan fingerprint density at radius 3 is 2.70 bits per heavy atom. The van der Waals surface area contributed by atoms with Gasteiger partial charge in [0.15, 0.2) is 5.78 Å². The molecule has 0 atom stereocenters. The highest BCUT2D eigenvalue weighted by Crippen LogP contribution is 2.29. The molecule has 0 N–H and O–H groups in total. The normalized spacial score (nSPS) is 10.4. The average Bonchev–Trinajstić information content (AvgIpc) is 2.43. The van der Waals surface area contributed by atoms with Crippen molar-refractivity contribution < 1.29 is 13.9 Å². The Balaban J connectivity index is 2.49. The smallest absolute Gasteiger partial charge is 0.199 e. The van der Waals surface area contributed by atoms with E-state index in [4.69, 9.17) is 16.3 Å². The summed E-state index contributed by atoms with van der Waals surface area (Å²) in [5.74, 6) is -0.656. The Hall–Kier alpha value is -1.39. The highest BCUT2D eigenvalue weighted by Gasteiger charge is 2.19. The number of ketones is 1. The second-order valence-electron chi connectivity index (χ2n) is 4.00. The van der Waals surface area contributed by atoms with Crippen molar-refractivity contribution in [2.75, 3.05) is 6.61 Å². The highest BCUT2D eigenvalue weighted by atomic mass is 79.9. The molecular formula is C15H11BrClFO2. The van der Waals surface area contributed by atoms with Crippen LogP contribution in [0.25, 0.3) is 0 Å². The number of para-hydroxylation sites is 1. The van der Waals surface area contributed by atoms with E-state index in [1.165, 1.54) is 12.1 Å². The van der Waals surface area contributed by atoms with Crippen molar-refractivity contribution in [3.63, 3.8) is 0 Å². The summed E-state index contributed by atoms with van der Waals surface area (Å²) in [4.78, 5) is 12.4. The predicted octanol–water partition coefficient (Wildman–Crippen LogP) is 4.87. The maximum atomic E-state index is 13.9. The van der Waals surface area contributed by atoms with Crippen molar-refractivity contribution in [3.8, 4) is 5.75 Å². The molecule has 0 heterocycles. The van der Waals surface area contributed by atoms with Crippen LogP contribution in [0.15, 0.2) is 40.9 Å². The molecule has 20 heavy (non-hydrogen) atoms. The molecule has 2 aromatic carbocycles. The van der Waals surface area contributed by atoms with Gasteiger partial charge in [0, 0.05) is 4.47 Å². The molecule has 0 fully saturated rings. The molecule has 2 nitrogen and oxygen atoms in total. The van der Waals surface area contributed by atoms with Crippen LogP contribution >= 0.6 is 27.5 Å². The van der Waals surface area contributed by atoms with Crippen LogP contribution in [0.1, 0.15) is 22.8 Å². The number of rotatable bonds is 4. The van der Waals surface area contributed by atoms with E-state index in [-0.39, 0.29) is 10.6 Å². The number of carbonyl (C=O) groups is 1. The molecule has 0 unspecified atom stereocenters. The lowest BCUT2D eigenvalue weighted by molar-refractivity contribution is 0.103. The molecule has 0 bridgehead atoms. The standard InChI is InChI=1S/C15H11BrClFO2/c1-2-20-14-6-4-3-5-9(14)15(19)10-7-12(17)11(16)8-13(10)18/h3-8H,2H2,1H3. The summed E-state index contributed by atoms with van der Waals surface area (Å²) in [6.45, 7) is 2.24. The molecule has 104 valence electrons. The molecule has 0 aliphatic carbocycles. The third kappa shape index (κ3) is 3.02. The molecule has 0 saturated carbocycles. The van der Waals surface area contributed by atoms with Gasteiger partial charge in [-0.2, -0.15) is 0 Å². The van der Waals surface area contributed by atoms with Crippen molar-refractivity contribution in [3.05, 3.63) is 62.8 Å². The van der Waals surface area contributed by atoms with Gasteiger partial charge in [0.25, 0.3) is 0 Å². The largest absolute Gasteiger partial charge is 0.493 e. The molecule has 0 aliphatic heterocycles. The second kappa shape index (κ2) is 6.37. The lowest BCUT2D eigenvalue weighted by Gasteiger charge is -2.10. The summed E-state index contributed by atoms with van der Waals surface area (Å²) in [6.07, 6.45) is 0. The number of benzene rings is 2. The van der Waals surface area contributed by atoms with Gasteiger partial charge in [0.05, 0.1) is 22.8 Å². The Bertz CT molecular complexity index is 658. The van der Waals surface area contributed by atoms with Crippen molar-refractivity contribution in [1.29, 1.82) is 0 Å². The van der Waals surface area contributed by atoms with Crippen molar-refractivity contribution in [2.24, 2.45) is 0 Å². The minimum Gasteiger partial charge on any atom is -0.493 e. The third-order valence-electron chi connectivity index (χ3n) is 2.69. The summed E-state index contributed by atoms with van der Waals surface area (Å²) in [5, 5.41) is 0.281. The fourth-order valence-corrected chi connectivity index (χ4v) is 2.26. The van der Waals surface area contributed by atoms with Gasteiger partial charge in [-0.25, -0.2) is 4.39 Å². The molecule has 0 spiro atoms.